The highest BCUT2D eigenvalue weighted by Crippen LogP contribution is 2.28. The number of nitrogens with one attached hydrogen (secondary N) is 2. The Morgan fingerprint density at radius 2 is 1.26 bits per heavy atom. The summed E-state index contributed by atoms with van der Waals surface area (Å²) in [5.41, 5.74) is 0.330. The first-order valence-electron chi connectivity index (χ1n) is 13.4. The van der Waals surface area contributed by atoms with Gasteiger partial charge in [-0.25, -0.2) is 0 Å². The number of morpholine rings is 1. The zero-order chi connectivity index (χ0) is 33.8. The molecule has 0 radical (unpaired) electrons. The third kappa shape index (κ3) is 8.55. The minimum Gasteiger partial charge on any atom is -0.467 e. The maximum Gasteiger partial charge on any atom is 0.322 e. The molecule has 47 heavy (non-hydrogen) atoms. The van der Waals surface area contributed by atoms with Gasteiger partial charge in [-0.15, -0.1) is 0 Å². The van der Waals surface area contributed by atoms with Gasteiger partial charge in [-0.2, -0.15) is 46.7 Å². The number of hydrogen-bond donors (Lipinski definition) is 4. The van der Waals surface area contributed by atoms with Crippen LogP contribution >= 0.6 is 11.6 Å². The number of nitrogens with zero attached hydrogens (tertiary/aromatic N) is 7. The number of anilines is 5. The van der Waals surface area contributed by atoms with E-state index in [2.05, 4.69) is 40.5 Å². The quantitative estimate of drug-likeness (QED) is 0.129. The summed E-state index contributed by atoms with van der Waals surface area (Å²) >= 11 is 5.86. The fraction of sp³-hybridized carbons (Fsp3) is 0.231. The van der Waals surface area contributed by atoms with Gasteiger partial charge in [-0.1, -0.05) is 24.3 Å². The second kappa shape index (κ2) is 13.9. The predicted molar refractivity (Wildman–Crippen MR) is 169 cm³/mol. The van der Waals surface area contributed by atoms with E-state index < -0.39 is 30.0 Å². The Balaban J connectivity index is 1.44. The summed E-state index contributed by atoms with van der Waals surface area (Å²) in [6.45, 7) is 2.06. The third-order valence-electron chi connectivity index (χ3n) is 6.39. The molecule has 21 heteroatoms. The van der Waals surface area contributed by atoms with Gasteiger partial charge in [-0.3, -0.25) is 9.11 Å². The summed E-state index contributed by atoms with van der Waals surface area (Å²) in [6.07, 6.45) is 2.50. The first kappa shape index (κ1) is 33.6. The van der Waals surface area contributed by atoms with Gasteiger partial charge >= 0.3 is 12.0 Å². The molecule has 1 saturated heterocycles. The van der Waals surface area contributed by atoms with E-state index in [1.54, 1.807) is 0 Å². The highest BCUT2D eigenvalue weighted by molar-refractivity contribution is 7.86. The molecule has 4 aromatic rings. The molecule has 0 atom stereocenters. The van der Waals surface area contributed by atoms with Crippen molar-refractivity contribution in [3.8, 4) is 12.0 Å². The third-order valence-corrected chi connectivity index (χ3v) is 8.38. The Labute approximate surface area is 273 Å². The second-order valence-electron chi connectivity index (χ2n) is 9.50. The maximum atomic E-state index is 12.4. The van der Waals surface area contributed by atoms with E-state index in [4.69, 9.17) is 25.8 Å². The summed E-state index contributed by atoms with van der Waals surface area (Å²) in [6, 6.07) is 7.81. The van der Waals surface area contributed by atoms with Crippen LogP contribution in [-0.4, -0.2) is 96.4 Å². The van der Waals surface area contributed by atoms with Crippen LogP contribution in [0.1, 0.15) is 11.1 Å². The fourth-order valence-corrected chi connectivity index (χ4v) is 5.83. The van der Waals surface area contributed by atoms with Crippen LogP contribution in [0, 0.1) is 0 Å². The summed E-state index contributed by atoms with van der Waals surface area (Å²) in [7, 11) is -6.86. The van der Waals surface area contributed by atoms with Crippen LogP contribution in [0.25, 0.3) is 12.2 Å². The molecule has 18 nitrogen and oxygen atoms in total. The molecule has 248 valence electrons. The van der Waals surface area contributed by atoms with Crippen molar-refractivity contribution in [2.24, 2.45) is 0 Å². The van der Waals surface area contributed by atoms with Crippen molar-refractivity contribution < 1.29 is 40.2 Å². The van der Waals surface area contributed by atoms with Crippen LogP contribution in [0.5, 0.6) is 12.0 Å². The number of methoxy groups -OCH3 is 2. The van der Waals surface area contributed by atoms with Crippen molar-refractivity contribution >= 4 is 73.2 Å². The first-order valence-corrected chi connectivity index (χ1v) is 16.6. The Hall–Kier alpha value is -4.73. The molecule has 0 unspecified atom stereocenters. The lowest BCUT2D eigenvalue weighted by atomic mass is 10.1. The number of rotatable bonds is 11. The number of benzene rings is 2. The highest BCUT2D eigenvalue weighted by atomic mass is 35.5. The minimum absolute atomic E-state index is 0.00399. The van der Waals surface area contributed by atoms with Gasteiger partial charge in [0.1, 0.15) is 9.79 Å². The van der Waals surface area contributed by atoms with Gasteiger partial charge in [0.2, 0.25) is 23.1 Å². The van der Waals surface area contributed by atoms with Gasteiger partial charge in [0, 0.05) is 24.5 Å². The van der Waals surface area contributed by atoms with Crippen molar-refractivity contribution in [3.63, 3.8) is 0 Å². The zero-order valence-corrected chi connectivity index (χ0v) is 26.9. The average molecular weight is 708 g/mol. The molecule has 2 aromatic heterocycles. The molecule has 5 rings (SSSR count). The molecule has 0 aliphatic carbocycles. The van der Waals surface area contributed by atoms with Crippen molar-refractivity contribution in [1.29, 1.82) is 0 Å². The zero-order valence-electron chi connectivity index (χ0n) is 24.5. The van der Waals surface area contributed by atoms with Gasteiger partial charge in [-0.05, 0) is 47.0 Å². The van der Waals surface area contributed by atoms with Gasteiger partial charge in [0.15, 0.2) is 0 Å². The fourth-order valence-electron chi connectivity index (χ4n) is 4.26. The lowest BCUT2D eigenvalue weighted by molar-refractivity contribution is 0.122. The molecule has 1 aliphatic heterocycles. The number of hydrogen-bond acceptors (Lipinski definition) is 16. The van der Waals surface area contributed by atoms with Crippen molar-refractivity contribution in [3.05, 3.63) is 52.8 Å². The first-order chi connectivity index (χ1) is 22.3. The van der Waals surface area contributed by atoms with E-state index in [0.29, 0.717) is 32.3 Å². The van der Waals surface area contributed by atoms with E-state index >= 15 is 0 Å². The molecule has 0 bridgehead atoms. The largest absolute Gasteiger partial charge is 0.467 e. The number of aromatic nitrogens is 6. The molecule has 1 aliphatic rings. The number of ether oxygens (including phenoxy) is 3. The van der Waals surface area contributed by atoms with E-state index in [0.717, 1.165) is 12.1 Å². The summed E-state index contributed by atoms with van der Waals surface area (Å²) in [5.74, 6) is 0.308. The SMILES string of the molecule is COc1nc(Cl)nc(Nc2ccc(/C=C/c3ccc(Nc4nc(OC)nc(N5CCOCC5)n4)cc3S(=O)(=O)O)c(S(=O)(=O)O)c2)n1. The highest BCUT2D eigenvalue weighted by Gasteiger charge is 2.20. The van der Waals surface area contributed by atoms with Crippen LogP contribution in [0.15, 0.2) is 46.2 Å². The normalized spacial score (nSPS) is 13.9. The van der Waals surface area contributed by atoms with Crippen molar-refractivity contribution in [2.75, 3.05) is 56.1 Å². The minimum atomic E-state index is -4.79. The lowest BCUT2D eigenvalue weighted by Crippen LogP contribution is -2.37. The van der Waals surface area contributed by atoms with Gasteiger partial charge in [0.05, 0.1) is 27.4 Å². The van der Waals surface area contributed by atoms with Crippen LogP contribution in [0.2, 0.25) is 5.28 Å². The Morgan fingerprint density at radius 3 is 1.74 bits per heavy atom. The Morgan fingerprint density at radius 1 is 0.766 bits per heavy atom. The molecular weight excluding hydrogens is 682 g/mol. The number of halogens is 1. The topological polar surface area (TPSA) is 241 Å². The molecule has 4 N–H and O–H groups in total. The smallest absolute Gasteiger partial charge is 0.322 e. The van der Waals surface area contributed by atoms with E-state index in [9.17, 15) is 25.9 Å². The summed E-state index contributed by atoms with van der Waals surface area (Å²) < 4.78 is 84.8. The van der Waals surface area contributed by atoms with Crippen LogP contribution in [-0.2, 0) is 25.0 Å². The maximum absolute atomic E-state index is 12.4. The second-order valence-corrected chi connectivity index (χ2v) is 12.6. The van der Waals surface area contributed by atoms with Gasteiger partial charge < -0.3 is 29.7 Å². The van der Waals surface area contributed by atoms with E-state index in [1.165, 1.54) is 50.6 Å². The summed E-state index contributed by atoms with van der Waals surface area (Å²) in [4.78, 5) is 25.2. The molecule has 0 spiro atoms. The summed E-state index contributed by atoms with van der Waals surface area (Å²) in [5, 5.41) is 5.44. The van der Waals surface area contributed by atoms with E-state index in [1.807, 2.05) is 4.90 Å². The molecule has 2 aromatic carbocycles. The molecule has 3 heterocycles. The average Bonchev–Trinajstić information content (AvgIpc) is 3.03. The van der Waals surface area contributed by atoms with Crippen LogP contribution in [0.4, 0.5) is 29.2 Å². The molecule has 0 amide bonds. The van der Waals surface area contributed by atoms with Crippen molar-refractivity contribution in [1.82, 2.24) is 29.9 Å². The monoisotopic (exact) mass is 707 g/mol. The van der Waals surface area contributed by atoms with E-state index in [-0.39, 0.29) is 51.7 Å². The molecule has 1 fully saturated rings. The van der Waals surface area contributed by atoms with Crippen LogP contribution in [0.3, 0.4) is 0 Å². The molecular formula is C26H26ClN9O9S2. The predicted octanol–water partition coefficient (Wildman–Crippen LogP) is 2.71. The molecule has 0 saturated carbocycles. The standard InChI is InChI=1S/C26H26ClN9O9S2/c1-43-25-31-21(27)30-22(33-25)28-17-7-5-15(19(13-17)46(37,38)39)3-4-16-6-8-18(14-20(16)47(40,41)42)29-23-32-24(35-26(34-23)44-2)36-9-11-45-12-10-36/h3-8,13-14H,9-12H2,1-2H3,(H,37,38,39)(H,40,41,42)(H,28,30,31,33)(H,29,32,34,35)/b4-3+. The van der Waals surface area contributed by atoms with Crippen LogP contribution < -0.4 is 25.0 Å². The Kier molecular flexibility index (Phi) is 9.98. The van der Waals surface area contributed by atoms with Crippen molar-refractivity contribution in [2.45, 2.75) is 9.79 Å². The van der Waals surface area contributed by atoms with Gasteiger partial charge in [0.25, 0.3) is 20.2 Å². The lowest BCUT2D eigenvalue weighted by Gasteiger charge is -2.26. The Bertz CT molecular complexity index is 2050.